The summed E-state index contributed by atoms with van der Waals surface area (Å²) in [5.74, 6) is 4.25. The van der Waals surface area contributed by atoms with Crippen LogP contribution in [0.5, 0.6) is 17.2 Å². The Morgan fingerprint density at radius 1 is 0.952 bits per heavy atom. The highest BCUT2D eigenvalue weighted by Gasteiger charge is 2.30. The van der Waals surface area contributed by atoms with Crippen LogP contribution in [0.2, 0.25) is 0 Å². The SMILES string of the molecule is O=C(CC1CN(c2ccnc(-c3ncc[nH]3)n2)CCN1Cc1ccc2c(c1)COCO2)NCc1ccc2c(c1)OCO2. The first-order chi connectivity index (χ1) is 20.7. The molecule has 7 rings (SSSR count). The molecule has 1 unspecified atom stereocenters. The van der Waals surface area contributed by atoms with Crippen molar-refractivity contribution in [1.29, 1.82) is 0 Å². The van der Waals surface area contributed by atoms with E-state index in [-0.39, 0.29) is 25.5 Å². The fraction of sp³-hybridized carbons (Fsp3) is 0.333. The molecular formula is C30H31N7O5. The lowest BCUT2D eigenvalue weighted by Crippen LogP contribution is -2.54. The summed E-state index contributed by atoms with van der Waals surface area (Å²) in [6.45, 7) is 4.34. The van der Waals surface area contributed by atoms with Gasteiger partial charge in [0.05, 0.1) is 6.61 Å². The second-order valence-electron chi connectivity index (χ2n) is 10.5. The minimum atomic E-state index is -0.0407. The minimum Gasteiger partial charge on any atom is -0.467 e. The molecule has 2 aromatic carbocycles. The zero-order chi connectivity index (χ0) is 28.3. The number of rotatable bonds is 8. The van der Waals surface area contributed by atoms with Gasteiger partial charge >= 0.3 is 0 Å². The molecule has 12 nitrogen and oxygen atoms in total. The lowest BCUT2D eigenvalue weighted by molar-refractivity contribution is -0.122. The van der Waals surface area contributed by atoms with E-state index < -0.39 is 0 Å². The van der Waals surface area contributed by atoms with Crippen molar-refractivity contribution in [2.75, 3.05) is 38.1 Å². The van der Waals surface area contributed by atoms with E-state index in [0.29, 0.717) is 50.1 Å². The smallest absolute Gasteiger partial charge is 0.231 e. The maximum Gasteiger partial charge on any atom is 0.231 e. The van der Waals surface area contributed by atoms with E-state index in [1.807, 2.05) is 30.3 Å². The molecular weight excluding hydrogens is 538 g/mol. The van der Waals surface area contributed by atoms with Gasteiger partial charge in [-0.05, 0) is 41.5 Å². The highest BCUT2D eigenvalue weighted by molar-refractivity contribution is 5.76. The third-order valence-corrected chi connectivity index (χ3v) is 7.69. The van der Waals surface area contributed by atoms with Gasteiger partial charge in [-0.1, -0.05) is 12.1 Å². The van der Waals surface area contributed by atoms with Gasteiger partial charge in [-0.3, -0.25) is 9.69 Å². The third kappa shape index (κ3) is 5.71. The monoisotopic (exact) mass is 569 g/mol. The predicted molar refractivity (Wildman–Crippen MR) is 152 cm³/mol. The first-order valence-corrected chi connectivity index (χ1v) is 14.0. The van der Waals surface area contributed by atoms with E-state index in [9.17, 15) is 4.79 Å². The second kappa shape index (κ2) is 11.7. The molecule has 12 heteroatoms. The summed E-state index contributed by atoms with van der Waals surface area (Å²) >= 11 is 0. The molecule has 0 spiro atoms. The zero-order valence-corrected chi connectivity index (χ0v) is 23.0. The van der Waals surface area contributed by atoms with E-state index in [4.69, 9.17) is 23.9 Å². The summed E-state index contributed by atoms with van der Waals surface area (Å²) in [7, 11) is 0. The topological polar surface area (TPSA) is 127 Å². The summed E-state index contributed by atoms with van der Waals surface area (Å²) in [6.07, 6.45) is 5.52. The Kier molecular flexibility index (Phi) is 7.29. The van der Waals surface area contributed by atoms with E-state index in [2.05, 4.69) is 42.2 Å². The van der Waals surface area contributed by atoms with Crippen molar-refractivity contribution >= 4 is 11.7 Å². The fourth-order valence-electron chi connectivity index (χ4n) is 5.54. The Balaban J connectivity index is 1.07. The summed E-state index contributed by atoms with van der Waals surface area (Å²) in [5.41, 5.74) is 3.16. The van der Waals surface area contributed by atoms with Gasteiger partial charge in [0.2, 0.25) is 12.7 Å². The van der Waals surface area contributed by atoms with Crippen LogP contribution in [0.1, 0.15) is 23.1 Å². The van der Waals surface area contributed by atoms with Gasteiger partial charge in [-0.25, -0.2) is 15.0 Å². The van der Waals surface area contributed by atoms with Crippen molar-refractivity contribution in [1.82, 2.24) is 30.2 Å². The molecule has 0 radical (unpaired) electrons. The van der Waals surface area contributed by atoms with Crippen LogP contribution >= 0.6 is 0 Å². The summed E-state index contributed by atoms with van der Waals surface area (Å²) in [6, 6.07) is 13.8. The maximum absolute atomic E-state index is 13.3. The first-order valence-electron chi connectivity index (χ1n) is 14.0. The van der Waals surface area contributed by atoms with E-state index in [1.54, 1.807) is 18.6 Å². The van der Waals surface area contributed by atoms with Crippen LogP contribution in [0, 0.1) is 0 Å². The third-order valence-electron chi connectivity index (χ3n) is 7.69. The Bertz CT molecular complexity index is 1560. The van der Waals surface area contributed by atoms with Gasteiger partial charge in [-0.2, -0.15) is 0 Å². The van der Waals surface area contributed by atoms with Crippen molar-refractivity contribution in [2.24, 2.45) is 0 Å². The first kappa shape index (κ1) is 26.2. The Morgan fingerprint density at radius 2 is 1.83 bits per heavy atom. The standard InChI is InChI=1S/C30H31N7O5/c38-28(34-14-20-1-4-25-26(12-20)42-19-41-25)13-23-16-37(27-5-6-31-30(35-27)29-32-7-8-33-29)10-9-36(23)15-21-2-3-24-22(11-21)17-39-18-40-24/h1-8,11-12,23H,9-10,13-19H2,(H,32,33)(H,34,38). The van der Waals surface area contributed by atoms with Crippen LogP contribution in [-0.2, 0) is 29.2 Å². The molecule has 4 aromatic rings. The number of hydrogen-bond donors (Lipinski definition) is 2. The fourth-order valence-corrected chi connectivity index (χ4v) is 5.54. The zero-order valence-electron chi connectivity index (χ0n) is 23.0. The van der Waals surface area contributed by atoms with Gasteiger partial charge in [0.25, 0.3) is 0 Å². The number of nitrogens with zero attached hydrogens (tertiary/aromatic N) is 5. The number of H-pyrrole nitrogens is 1. The van der Waals surface area contributed by atoms with Crippen LogP contribution in [0.25, 0.3) is 11.6 Å². The number of hydrogen-bond acceptors (Lipinski definition) is 10. The molecule has 1 atom stereocenters. The largest absolute Gasteiger partial charge is 0.467 e. The molecule has 1 amide bonds. The van der Waals surface area contributed by atoms with E-state index in [1.165, 1.54) is 0 Å². The molecule has 2 N–H and O–H groups in total. The van der Waals surface area contributed by atoms with Crippen molar-refractivity contribution in [2.45, 2.75) is 32.2 Å². The molecule has 5 heterocycles. The van der Waals surface area contributed by atoms with Crippen LogP contribution < -0.4 is 24.4 Å². The van der Waals surface area contributed by atoms with Gasteiger partial charge in [-0.15, -0.1) is 0 Å². The van der Waals surface area contributed by atoms with Crippen molar-refractivity contribution < 1.29 is 23.7 Å². The molecule has 3 aliphatic rings. The molecule has 1 fully saturated rings. The highest BCUT2D eigenvalue weighted by Crippen LogP contribution is 2.32. The number of amides is 1. The average Bonchev–Trinajstić information content (AvgIpc) is 3.74. The molecule has 216 valence electrons. The van der Waals surface area contributed by atoms with Gasteiger partial charge in [0.1, 0.15) is 11.6 Å². The number of ether oxygens (including phenoxy) is 4. The van der Waals surface area contributed by atoms with Crippen LogP contribution in [0.15, 0.2) is 61.1 Å². The number of carbonyl (C=O) groups is 1. The number of aromatic amines is 1. The van der Waals surface area contributed by atoms with E-state index in [0.717, 1.165) is 47.1 Å². The Labute approximate surface area is 242 Å². The van der Waals surface area contributed by atoms with Crippen molar-refractivity contribution in [3.8, 4) is 28.9 Å². The second-order valence-corrected chi connectivity index (χ2v) is 10.5. The summed E-state index contributed by atoms with van der Waals surface area (Å²) in [4.78, 5) is 34.4. The quantitative estimate of drug-likeness (QED) is 0.327. The molecule has 42 heavy (non-hydrogen) atoms. The number of imidazole rings is 1. The van der Waals surface area contributed by atoms with Gasteiger partial charge in [0, 0.05) is 69.3 Å². The summed E-state index contributed by atoms with van der Waals surface area (Å²) in [5, 5.41) is 3.09. The average molecular weight is 570 g/mol. The molecule has 0 aliphatic carbocycles. The van der Waals surface area contributed by atoms with Crippen LogP contribution in [0.3, 0.4) is 0 Å². The van der Waals surface area contributed by atoms with Gasteiger partial charge < -0.3 is 34.1 Å². The number of fused-ring (bicyclic) bond motifs is 2. The molecule has 2 aromatic heterocycles. The molecule has 1 saturated heterocycles. The number of nitrogens with one attached hydrogen (secondary N) is 2. The predicted octanol–water partition coefficient (Wildman–Crippen LogP) is 2.86. The van der Waals surface area contributed by atoms with Gasteiger partial charge in [0.15, 0.2) is 29.9 Å². The Hall–Kier alpha value is -4.68. The lowest BCUT2D eigenvalue weighted by atomic mass is 10.0. The van der Waals surface area contributed by atoms with Crippen LogP contribution in [-0.4, -0.2) is 70.0 Å². The van der Waals surface area contributed by atoms with Crippen molar-refractivity contribution in [3.63, 3.8) is 0 Å². The van der Waals surface area contributed by atoms with Crippen molar-refractivity contribution in [3.05, 3.63) is 77.7 Å². The minimum absolute atomic E-state index is 0.0179. The normalized spacial score (nSPS) is 17.9. The van der Waals surface area contributed by atoms with Crippen LogP contribution in [0.4, 0.5) is 5.82 Å². The lowest BCUT2D eigenvalue weighted by Gasteiger charge is -2.42. The van der Waals surface area contributed by atoms with E-state index >= 15 is 0 Å². The highest BCUT2D eigenvalue weighted by atomic mass is 16.7. The number of benzene rings is 2. The maximum atomic E-state index is 13.3. The number of carbonyl (C=O) groups excluding carboxylic acids is 1. The number of anilines is 1. The molecule has 0 bridgehead atoms. The molecule has 3 aliphatic heterocycles. The number of piperazine rings is 1. The number of aromatic nitrogens is 4. The summed E-state index contributed by atoms with van der Waals surface area (Å²) < 4.78 is 22.0. The Morgan fingerprint density at radius 3 is 2.76 bits per heavy atom. The molecule has 0 saturated carbocycles.